The average Bonchev–Trinajstić information content (AvgIpc) is 1.94. The maximum absolute atomic E-state index is 6.15. The van der Waals surface area contributed by atoms with Crippen molar-refractivity contribution in [1.29, 1.82) is 0 Å². The number of nitrogens with zero attached hydrogens (tertiary/aromatic N) is 2. The third-order valence-electron chi connectivity index (χ3n) is 2.13. The highest BCUT2D eigenvalue weighted by molar-refractivity contribution is 9.07. The Hall–Kier alpha value is 0.690. The van der Waals surface area contributed by atoms with Crippen molar-refractivity contribution in [3.63, 3.8) is 0 Å². The molecule has 0 N–H and O–H groups in total. The van der Waals surface area contributed by atoms with Crippen LogP contribution in [0.25, 0.3) is 0 Å². The van der Waals surface area contributed by atoms with Crippen LogP contribution in [0.4, 0.5) is 0 Å². The summed E-state index contributed by atoms with van der Waals surface area (Å²) >= 11 is 9.64. The molecular weight excluding hydrogens is 227 g/mol. The third-order valence-corrected chi connectivity index (χ3v) is 4.12. The van der Waals surface area contributed by atoms with E-state index in [-0.39, 0.29) is 11.2 Å². The summed E-state index contributed by atoms with van der Waals surface area (Å²) in [5.41, 5.74) is -0.0698. The van der Waals surface area contributed by atoms with Crippen LogP contribution in [0.2, 0.25) is 0 Å². The highest BCUT2D eigenvalue weighted by atomic mass is 79.9. The summed E-state index contributed by atoms with van der Waals surface area (Å²) in [6.07, 6.45) is 0. The van der Waals surface area contributed by atoms with Crippen LogP contribution in [0.15, 0.2) is 0 Å². The lowest BCUT2D eigenvalue weighted by Crippen LogP contribution is -2.44. The molecule has 2 nitrogen and oxygen atoms in total. The van der Waals surface area contributed by atoms with Crippen LogP contribution >= 0.6 is 27.9 Å². The molecule has 1 rings (SSSR count). The van der Waals surface area contributed by atoms with E-state index in [2.05, 4.69) is 47.8 Å². The molecule has 0 radical (unpaired) electrons. The van der Waals surface area contributed by atoms with Crippen LogP contribution in [0, 0.1) is 0 Å². The second kappa shape index (κ2) is 2.59. The molecular formula is C7H14BrClN2. The smallest absolute Gasteiger partial charge is 0.0927 e. The van der Waals surface area contributed by atoms with Gasteiger partial charge in [0.05, 0.1) is 5.66 Å². The number of halogens is 2. The van der Waals surface area contributed by atoms with Crippen molar-refractivity contribution in [1.82, 2.24) is 8.34 Å². The fourth-order valence-electron chi connectivity index (χ4n) is 1.43. The van der Waals surface area contributed by atoms with Gasteiger partial charge in [-0.05, 0) is 39.5 Å². The van der Waals surface area contributed by atoms with Gasteiger partial charge in [0.1, 0.15) is 0 Å². The van der Waals surface area contributed by atoms with Gasteiger partial charge in [-0.1, -0.05) is 0 Å². The topological polar surface area (TPSA) is 6.48 Å². The van der Waals surface area contributed by atoms with Gasteiger partial charge < -0.3 is 0 Å². The molecule has 1 heterocycles. The van der Waals surface area contributed by atoms with Gasteiger partial charge in [0.15, 0.2) is 0 Å². The van der Waals surface area contributed by atoms with Gasteiger partial charge in [-0.15, -0.1) is 0 Å². The van der Waals surface area contributed by atoms with Gasteiger partial charge in [-0.25, -0.2) is 3.93 Å². The number of hydrogen-bond donors (Lipinski definition) is 0. The highest BCUT2D eigenvalue weighted by Gasteiger charge is 2.48. The van der Waals surface area contributed by atoms with Crippen LogP contribution in [-0.4, -0.2) is 26.1 Å². The zero-order valence-electron chi connectivity index (χ0n) is 7.36. The van der Waals surface area contributed by atoms with Gasteiger partial charge in [0, 0.05) is 28.2 Å². The minimum Gasteiger partial charge on any atom is -0.220 e. The zero-order valence-corrected chi connectivity index (χ0v) is 9.70. The van der Waals surface area contributed by atoms with Crippen LogP contribution in [0.1, 0.15) is 27.7 Å². The fraction of sp³-hybridized carbons (Fsp3) is 1.00. The van der Waals surface area contributed by atoms with Crippen LogP contribution in [0.5, 0.6) is 0 Å². The Kier molecular flexibility index (Phi) is 2.30. The van der Waals surface area contributed by atoms with E-state index in [1.54, 1.807) is 0 Å². The van der Waals surface area contributed by atoms with Crippen molar-refractivity contribution in [2.24, 2.45) is 0 Å². The maximum atomic E-state index is 6.15. The second-order valence-corrected chi connectivity index (χ2v) is 5.30. The molecule has 0 aromatic rings. The summed E-state index contributed by atoms with van der Waals surface area (Å²) in [6, 6.07) is 0. The third kappa shape index (κ3) is 1.44. The average molecular weight is 242 g/mol. The monoisotopic (exact) mass is 240 g/mol. The molecule has 0 aromatic carbocycles. The zero-order chi connectivity index (χ0) is 8.86. The summed E-state index contributed by atoms with van der Waals surface area (Å²) in [7, 11) is 0. The first-order valence-corrected chi connectivity index (χ1v) is 4.73. The van der Waals surface area contributed by atoms with Crippen LogP contribution < -0.4 is 0 Å². The Bertz CT molecular complexity index is 170. The number of rotatable bonds is 0. The molecule has 0 aliphatic carbocycles. The summed E-state index contributed by atoms with van der Waals surface area (Å²) in [6.45, 7) is 9.36. The van der Waals surface area contributed by atoms with Crippen molar-refractivity contribution >= 4 is 27.9 Å². The van der Waals surface area contributed by atoms with Crippen molar-refractivity contribution < 1.29 is 0 Å². The van der Waals surface area contributed by atoms with Gasteiger partial charge in [-0.2, -0.15) is 4.42 Å². The van der Waals surface area contributed by atoms with Crippen molar-refractivity contribution in [3.8, 4) is 0 Å². The van der Waals surface area contributed by atoms with Gasteiger partial charge in [0.25, 0.3) is 0 Å². The standard InChI is InChI=1S/C7H14BrClN2/c1-6(2)5-10(8)7(3,4)11(6)9/h5H2,1-4H3. The molecule has 11 heavy (non-hydrogen) atoms. The van der Waals surface area contributed by atoms with E-state index < -0.39 is 0 Å². The molecule has 1 aliphatic rings. The predicted molar refractivity (Wildman–Crippen MR) is 51.5 cm³/mol. The van der Waals surface area contributed by atoms with Crippen molar-refractivity contribution in [3.05, 3.63) is 0 Å². The van der Waals surface area contributed by atoms with E-state index in [4.69, 9.17) is 11.8 Å². The lowest BCUT2D eigenvalue weighted by atomic mass is 10.1. The molecule has 0 atom stereocenters. The first-order valence-electron chi connectivity index (χ1n) is 3.68. The summed E-state index contributed by atoms with van der Waals surface area (Å²) in [4.78, 5) is 0. The minimum atomic E-state index is -0.106. The second-order valence-electron chi connectivity index (χ2n) is 4.11. The quantitative estimate of drug-likeness (QED) is 0.602. The predicted octanol–water partition coefficient (Wildman–Crippen LogP) is 2.58. The summed E-state index contributed by atoms with van der Waals surface area (Å²) in [5, 5.41) is 0. The van der Waals surface area contributed by atoms with Crippen molar-refractivity contribution in [2.75, 3.05) is 6.54 Å². The molecule has 4 heteroatoms. The molecule has 0 saturated carbocycles. The molecule has 1 aliphatic heterocycles. The lowest BCUT2D eigenvalue weighted by Gasteiger charge is -2.33. The summed E-state index contributed by atoms with van der Waals surface area (Å²) < 4.78 is 3.93. The Balaban J connectivity index is 2.89. The lowest BCUT2D eigenvalue weighted by molar-refractivity contribution is 0.160. The van der Waals surface area contributed by atoms with E-state index in [0.29, 0.717) is 0 Å². The van der Waals surface area contributed by atoms with Crippen LogP contribution in [-0.2, 0) is 0 Å². The van der Waals surface area contributed by atoms with Gasteiger partial charge in [0.2, 0.25) is 0 Å². The molecule has 1 saturated heterocycles. The SMILES string of the molecule is CC1(C)CN(Br)C(C)(C)N1Cl. The molecule has 0 spiro atoms. The molecule has 0 bridgehead atoms. The molecule has 0 aromatic heterocycles. The highest BCUT2D eigenvalue weighted by Crippen LogP contribution is 2.40. The Morgan fingerprint density at radius 1 is 1.27 bits per heavy atom. The van der Waals surface area contributed by atoms with E-state index in [1.807, 2.05) is 4.42 Å². The summed E-state index contributed by atoms with van der Waals surface area (Å²) in [5.74, 6) is 0. The molecule has 66 valence electrons. The first-order chi connectivity index (χ1) is 4.78. The Morgan fingerprint density at radius 2 is 1.73 bits per heavy atom. The maximum Gasteiger partial charge on any atom is 0.0927 e. The van der Waals surface area contributed by atoms with Crippen molar-refractivity contribution in [2.45, 2.75) is 38.9 Å². The molecule has 1 fully saturated rings. The Labute approximate surface area is 81.9 Å². The fourth-order valence-corrected chi connectivity index (χ4v) is 2.44. The first kappa shape index (κ1) is 9.78. The molecule has 0 unspecified atom stereocenters. The van der Waals surface area contributed by atoms with E-state index in [1.165, 1.54) is 0 Å². The minimum absolute atomic E-state index is 0.0363. The van der Waals surface area contributed by atoms with Crippen LogP contribution in [0.3, 0.4) is 0 Å². The molecule has 0 amide bonds. The number of hydrogen-bond acceptors (Lipinski definition) is 2. The van der Waals surface area contributed by atoms with E-state index in [9.17, 15) is 0 Å². The van der Waals surface area contributed by atoms with Gasteiger partial charge >= 0.3 is 0 Å². The van der Waals surface area contributed by atoms with Gasteiger partial charge in [-0.3, -0.25) is 0 Å². The largest absolute Gasteiger partial charge is 0.220 e. The van der Waals surface area contributed by atoms with E-state index in [0.717, 1.165) is 6.54 Å². The van der Waals surface area contributed by atoms with E-state index >= 15 is 0 Å². The Morgan fingerprint density at radius 3 is 1.82 bits per heavy atom. The normalized spacial score (nSPS) is 31.1.